The van der Waals surface area contributed by atoms with Crippen LogP contribution in [0.1, 0.15) is 54.5 Å². The minimum Gasteiger partial charge on any atom is -0.395 e. The topological polar surface area (TPSA) is 93.2 Å². The second-order valence-electron chi connectivity index (χ2n) is 7.81. The van der Waals surface area contributed by atoms with Crippen LogP contribution in [0.5, 0.6) is 0 Å². The number of rotatable bonds is 6. The van der Waals surface area contributed by atoms with E-state index < -0.39 is 11.7 Å². The van der Waals surface area contributed by atoms with E-state index in [-0.39, 0.29) is 35.5 Å². The Morgan fingerprint density at radius 3 is 2.81 bits per heavy atom. The van der Waals surface area contributed by atoms with Gasteiger partial charge in [0.25, 0.3) is 5.91 Å². The van der Waals surface area contributed by atoms with Crippen molar-refractivity contribution in [2.75, 3.05) is 18.5 Å². The number of fused-ring (bicyclic) bond motifs is 1. The quantitative estimate of drug-likeness (QED) is 0.724. The summed E-state index contributed by atoms with van der Waals surface area (Å²) >= 11 is 0. The Hall–Kier alpha value is -2.41. The highest BCUT2D eigenvalue weighted by Crippen LogP contribution is 2.38. The number of aliphatic hydroxyl groups is 1. The number of nitrogens with one attached hydrogen (secondary N) is 1. The highest BCUT2D eigenvalue weighted by atomic mass is 19.1. The molecule has 1 aliphatic rings. The molecule has 1 amide bonds. The number of nitrogens with zero attached hydrogens (tertiary/aromatic N) is 2. The van der Waals surface area contributed by atoms with Crippen molar-refractivity contribution in [3.05, 3.63) is 40.5 Å². The number of amides is 1. The molecule has 0 bridgehead atoms. The monoisotopic (exact) mass is 374 g/mol. The van der Waals surface area contributed by atoms with Gasteiger partial charge in [-0.2, -0.15) is 5.10 Å². The molecule has 0 unspecified atom stereocenters. The summed E-state index contributed by atoms with van der Waals surface area (Å²) in [6.07, 6.45) is 3.60. The Morgan fingerprint density at radius 2 is 2.19 bits per heavy atom. The van der Waals surface area contributed by atoms with Crippen LogP contribution in [0.25, 0.3) is 5.69 Å². The SMILES string of the molecule is CCc1nn(-c2ccc(C(N)=O)c(NCCO)c2F)c2c1CCC(C)(C)C2. The van der Waals surface area contributed by atoms with Gasteiger partial charge >= 0.3 is 0 Å². The van der Waals surface area contributed by atoms with Crippen LogP contribution < -0.4 is 11.1 Å². The molecule has 0 spiro atoms. The van der Waals surface area contributed by atoms with E-state index in [1.807, 2.05) is 6.92 Å². The lowest BCUT2D eigenvalue weighted by atomic mass is 9.76. The van der Waals surface area contributed by atoms with Crippen LogP contribution in [0.4, 0.5) is 10.1 Å². The lowest BCUT2D eigenvalue weighted by Crippen LogP contribution is -2.24. The molecule has 4 N–H and O–H groups in total. The second-order valence-corrected chi connectivity index (χ2v) is 7.81. The molecule has 0 radical (unpaired) electrons. The Morgan fingerprint density at radius 1 is 1.44 bits per heavy atom. The summed E-state index contributed by atoms with van der Waals surface area (Å²) in [5.74, 6) is -1.31. The molecule has 7 heteroatoms. The van der Waals surface area contributed by atoms with Gasteiger partial charge in [-0.3, -0.25) is 4.79 Å². The van der Waals surface area contributed by atoms with E-state index in [0.29, 0.717) is 0 Å². The van der Waals surface area contributed by atoms with Gasteiger partial charge in [0.15, 0.2) is 5.82 Å². The third-order valence-electron chi connectivity index (χ3n) is 5.23. The number of aromatic nitrogens is 2. The van der Waals surface area contributed by atoms with Gasteiger partial charge in [-0.25, -0.2) is 9.07 Å². The molecule has 2 aromatic rings. The number of primary amides is 1. The molecular formula is C20H27FN4O2. The summed E-state index contributed by atoms with van der Waals surface area (Å²) in [5, 5.41) is 16.5. The number of hydrogen-bond acceptors (Lipinski definition) is 4. The number of anilines is 1. The molecule has 1 aromatic carbocycles. The molecule has 0 fully saturated rings. The van der Waals surface area contributed by atoms with Crippen molar-refractivity contribution in [3.8, 4) is 5.69 Å². The highest BCUT2D eigenvalue weighted by Gasteiger charge is 2.32. The van der Waals surface area contributed by atoms with Gasteiger partial charge in [-0.15, -0.1) is 0 Å². The van der Waals surface area contributed by atoms with Crippen LogP contribution >= 0.6 is 0 Å². The fourth-order valence-electron chi connectivity index (χ4n) is 3.78. The second kappa shape index (κ2) is 7.31. The largest absolute Gasteiger partial charge is 0.395 e. The summed E-state index contributed by atoms with van der Waals surface area (Å²) in [7, 11) is 0. The molecule has 27 heavy (non-hydrogen) atoms. The maximum atomic E-state index is 15.4. The molecule has 146 valence electrons. The number of hydrogen-bond donors (Lipinski definition) is 3. The molecule has 1 heterocycles. The molecule has 0 aliphatic heterocycles. The van der Waals surface area contributed by atoms with E-state index in [4.69, 9.17) is 10.8 Å². The summed E-state index contributed by atoms with van der Waals surface area (Å²) < 4.78 is 17.0. The van der Waals surface area contributed by atoms with Crippen LogP contribution in [0, 0.1) is 11.2 Å². The fourth-order valence-corrected chi connectivity index (χ4v) is 3.78. The van der Waals surface area contributed by atoms with Crippen LogP contribution in [0.15, 0.2) is 12.1 Å². The summed E-state index contributed by atoms with van der Waals surface area (Å²) in [6.45, 7) is 6.39. The number of carbonyl (C=O) groups is 1. The Balaban J connectivity index is 2.17. The van der Waals surface area contributed by atoms with Gasteiger partial charge in [0, 0.05) is 12.2 Å². The first kappa shape index (κ1) is 19.4. The standard InChI is InChI=1S/C20H27FN4O2/c1-4-14-12-7-8-20(2,3)11-16(12)25(24-14)15-6-5-13(19(22)27)18(17(15)21)23-9-10-26/h5-6,23,26H,4,7-11H2,1-3H3,(H2,22,27). The zero-order valence-corrected chi connectivity index (χ0v) is 16.1. The number of nitrogens with two attached hydrogens (primary N) is 1. The fraction of sp³-hybridized carbons (Fsp3) is 0.500. The maximum Gasteiger partial charge on any atom is 0.250 e. The van der Waals surface area contributed by atoms with E-state index in [1.165, 1.54) is 11.6 Å². The zero-order valence-electron chi connectivity index (χ0n) is 16.1. The number of halogens is 1. The number of aliphatic hydroxyl groups excluding tert-OH is 1. The molecule has 3 rings (SSSR count). The van der Waals surface area contributed by atoms with E-state index in [2.05, 4.69) is 24.3 Å². The van der Waals surface area contributed by atoms with Crippen molar-refractivity contribution >= 4 is 11.6 Å². The number of benzene rings is 1. The predicted octanol–water partition coefficient (Wildman–Crippen LogP) is 2.59. The normalized spacial score (nSPS) is 15.4. The predicted molar refractivity (Wildman–Crippen MR) is 103 cm³/mol. The summed E-state index contributed by atoms with van der Waals surface area (Å²) in [4.78, 5) is 11.7. The Kier molecular flexibility index (Phi) is 5.24. The van der Waals surface area contributed by atoms with E-state index >= 15 is 4.39 Å². The van der Waals surface area contributed by atoms with Gasteiger partial charge in [-0.1, -0.05) is 20.8 Å². The first-order valence-electron chi connectivity index (χ1n) is 9.36. The average molecular weight is 374 g/mol. The van der Waals surface area contributed by atoms with Gasteiger partial charge in [0.1, 0.15) is 5.69 Å². The Bertz CT molecular complexity index is 873. The number of carbonyl (C=O) groups excluding carboxylic acids is 1. The third-order valence-corrected chi connectivity index (χ3v) is 5.23. The molecule has 0 saturated carbocycles. The molecule has 0 atom stereocenters. The minimum atomic E-state index is -0.723. The van der Waals surface area contributed by atoms with E-state index in [9.17, 15) is 4.79 Å². The smallest absolute Gasteiger partial charge is 0.250 e. The average Bonchev–Trinajstić information content (AvgIpc) is 2.96. The van der Waals surface area contributed by atoms with Crippen molar-refractivity contribution in [2.45, 2.75) is 46.5 Å². The highest BCUT2D eigenvalue weighted by molar-refractivity contribution is 5.99. The van der Waals surface area contributed by atoms with Crippen LogP contribution in [-0.2, 0) is 19.3 Å². The molecule has 1 aliphatic carbocycles. The Labute approximate surface area is 158 Å². The minimum absolute atomic E-state index is 0.00594. The molecular weight excluding hydrogens is 347 g/mol. The van der Waals surface area contributed by atoms with Crippen molar-refractivity contribution in [1.29, 1.82) is 0 Å². The lowest BCUT2D eigenvalue weighted by molar-refractivity contribution is 0.100. The van der Waals surface area contributed by atoms with Gasteiger partial charge < -0.3 is 16.2 Å². The zero-order chi connectivity index (χ0) is 19.8. The lowest BCUT2D eigenvalue weighted by Gasteiger charge is -2.30. The van der Waals surface area contributed by atoms with Gasteiger partial charge in [-0.05, 0) is 48.8 Å². The van der Waals surface area contributed by atoms with Crippen molar-refractivity contribution in [3.63, 3.8) is 0 Å². The van der Waals surface area contributed by atoms with Crippen LogP contribution in [0.3, 0.4) is 0 Å². The van der Waals surface area contributed by atoms with Crippen molar-refractivity contribution < 1.29 is 14.3 Å². The summed E-state index contributed by atoms with van der Waals surface area (Å²) in [6, 6.07) is 3.06. The summed E-state index contributed by atoms with van der Waals surface area (Å²) in [5.41, 5.74) is 9.08. The van der Waals surface area contributed by atoms with E-state index in [0.717, 1.165) is 37.1 Å². The van der Waals surface area contributed by atoms with Gasteiger partial charge in [0.05, 0.1) is 23.6 Å². The molecule has 1 aromatic heterocycles. The maximum absolute atomic E-state index is 15.4. The van der Waals surface area contributed by atoms with Crippen molar-refractivity contribution in [2.24, 2.45) is 11.1 Å². The van der Waals surface area contributed by atoms with Gasteiger partial charge in [0.2, 0.25) is 0 Å². The molecule has 6 nitrogen and oxygen atoms in total. The third kappa shape index (κ3) is 3.56. The van der Waals surface area contributed by atoms with E-state index in [1.54, 1.807) is 10.7 Å². The van der Waals surface area contributed by atoms with Crippen LogP contribution in [0.2, 0.25) is 0 Å². The number of aryl methyl sites for hydroxylation is 1. The van der Waals surface area contributed by atoms with Crippen LogP contribution in [-0.4, -0.2) is 33.9 Å². The first-order chi connectivity index (χ1) is 12.8. The van der Waals surface area contributed by atoms with Crippen molar-refractivity contribution in [1.82, 2.24) is 9.78 Å². The molecule has 0 saturated heterocycles. The first-order valence-corrected chi connectivity index (χ1v) is 9.36.